The van der Waals surface area contributed by atoms with Crippen molar-refractivity contribution in [2.24, 2.45) is 11.8 Å². The van der Waals surface area contributed by atoms with Gasteiger partial charge in [-0.15, -0.1) is 11.3 Å². The standard InChI is InChI=1S/C16H25NO2S/c1-10(2)6-12(8-18)17-16(19)14-9-20-15-7-11(3)4-5-13(14)15/h9-12,18H,4-8H2,1-3H3,(H,17,19). The lowest BCUT2D eigenvalue weighted by molar-refractivity contribution is 0.0907. The second kappa shape index (κ2) is 6.72. The molecule has 4 heteroatoms. The second-order valence-electron chi connectivity index (χ2n) is 6.38. The Kier molecular flexibility index (Phi) is 5.22. The Balaban J connectivity index is 2.06. The Hall–Kier alpha value is -0.870. The Morgan fingerprint density at radius 2 is 2.30 bits per heavy atom. The first-order chi connectivity index (χ1) is 9.51. The fraction of sp³-hybridized carbons (Fsp3) is 0.688. The van der Waals surface area contributed by atoms with E-state index in [9.17, 15) is 9.90 Å². The first-order valence-electron chi connectivity index (χ1n) is 7.52. The molecular formula is C16H25NO2S. The largest absolute Gasteiger partial charge is 0.394 e. The molecule has 2 unspecified atom stereocenters. The number of nitrogens with one attached hydrogen (secondary N) is 1. The van der Waals surface area contributed by atoms with Gasteiger partial charge in [0, 0.05) is 10.3 Å². The Bertz CT molecular complexity index is 467. The fourth-order valence-electron chi connectivity index (χ4n) is 2.88. The summed E-state index contributed by atoms with van der Waals surface area (Å²) in [5, 5.41) is 14.3. The van der Waals surface area contributed by atoms with Crippen LogP contribution in [-0.2, 0) is 12.8 Å². The summed E-state index contributed by atoms with van der Waals surface area (Å²) in [6.45, 7) is 6.48. The molecule has 0 saturated carbocycles. The molecular weight excluding hydrogens is 270 g/mol. The van der Waals surface area contributed by atoms with Gasteiger partial charge in [-0.1, -0.05) is 20.8 Å². The van der Waals surface area contributed by atoms with E-state index >= 15 is 0 Å². The molecule has 1 aliphatic rings. The number of hydrogen-bond donors (Lipinski definition) is 2. The van der Waals surface area contributed by atoms with E-state index < -0.39 is 0 Å². The monoisotopic (exact) mass is 295 g/mol. The van der Waals surface area contributed by atoms with Crippen molar-refractivity contribution in [3.63, 3.8) is 0 Å². The molecule has 2 atom stereocenters. The highest BCUT2D eigenvalue weighted by molar-refractivity contribution is 7.10. The zero-order valence-electron chi connectivity index (χ0n) is 12.6. The van der Waals surface area contributed by atoms with Gasteiger partial charge in [0.1, 0.15) is 0 Å². The number of aliphatic hydroxyl groups is 1. The van der Waals surface area contributed by atoms with Crippen molar-refractivity contribution in [3.05, 3.63) is 21.4 Å². The van der Waals surface area contributed by atoms with Crippen LogP contribution in [0.5, 0.6) is 0 Å². The summed E-state index contributed by atoms with van der Waals surface area (Å²) in [4.78, 5) is 13.8. The number of rotatable bonds is 5. The van der Waals surface area contributed by atoms with Crippen LogP contribution in [0.3, 0.4) is 0 Å². The van der Waals surface area contributed by atoms with Gasteiger partial charge in [0.25, 0.3) is 5.91 Å². The lowest BCUT2D eigenvalue weighted by atomic mass is 9.88. The minimum absolute atomic E-state index is 0.00722. The average Bonchev–Trinajstić information content (AvgIpc) is 2.80. The normalized spacial score (nSPS) is 19.8. The van der Waals surface area contributed by atoms with Crippen LogP contribution in [0, 0.1) is 11.8 Å². The predicted molar refractivity (Wildman–Crippen MR) is 83.3 cm³/mol. The highest BCUT2D eigenvalue weighted by Gasteiger charge is 2.24. The number of aliphatic hydroxyl groups excluding tert-OH is 1. The summed E-state index contributed by atoms with van der Waals surface area (Å²) in [7, 11) is 0. The van der Waals surface area contributed by atoms with E-state index in [2.05, 4.69) is 26.1 Å². The quantitative estimate of drug-likeness (QED) is 0.877. The average molecular weight is 295 g/mol. The summed E-state index contributed by atoms with van der Waals surface area (Å²) in [5.41, 5.74) is 2.07. The van der Waals surface area contributed by atoms with E-state index in [4.69, 9.17) is 0 Å². The molecule has 1 aromatic heterocycles. The van der Waals surface area contributed by atoms with Crippen molar-refractivity contribution < 1.29 is 9.90 Å². The number of fused-ring (bicyclic) bond motifs is 1. The van der Waals surface area contributed by atoms with Gasteiger partial charge >= 0.3 is 0 Å². The number of thiophene rings is 1. The van der Waals surface area contributed by atoms with Crippen LogP contribution in [-0.4, -0.2) is 23.7 Å². The molecule has 112 valence electrons. The van der Waals surface area contributed by atoms with Gasteiger partial charge in [0.05, 0.1) is 18.2 Å². The summed E-state index contributed by atoms with van der Waals surface area (Å²) >= 11 is 1.71. The molecule has 2 N–H and O–H groups in total. The molecule has 0 aromatic carbocycles. The molecule has 0 radical (unpaired) electrons. The first-order valence-corrected chi connectivity index (χ1v) is 8.40. The maximum absolute atomic E-state index is 12.4. The van der Waals surface area contributed by atoms with Crippen LogP contribution >= 0.6 is 11.3 Å². The molecule has 1 amide bonds. The number of carbonyl (C=O) groups is 1. The molecule has 1 aromatic rings. The van der Waals surface area contributed by atoms with E-state index in [-0.39, 0.29) is 18.6 Å². The zero-order valence-corrected chi connectivity index (χ0v) is 13.4. The van der Waals surface area contributed by atoms with Crippen molar-refractivity contribution >= 4 is 17.2 Å². The van der Waals surface area contributed by atoms with Gasteiger partial charge in [-0.25, -0.2) is 0 Å². The van der Waals surface area contributed by atoms with Crippen LogP contribution in [0.1, 0.15) is 54.4 Å². The first kappa shape index (κ1) is 15.5. The van der Waals surface area contributed by atoms with E-state index in [0.717, 1.165) is 30.7 Å². The van der Waals surface area contributed by atoms with E-state index in [0.29, 0.717) is 5.92 Å². The zero-order chi connectivity index (χ0) is 14.7. The van der Waals surface area contributed by atoms with Crippen molar-refractivity contribution in [2.45, 2.75) is 52.5 Å². The summed E-state index contributed by atoms with van der Waals surface area (Å²) in [5.74, 6) is 1.17. The third kappa shape index (κ3) is 3.61. The Morgan fingerprint density at radius 3 is 2.95 bits per heavy atom. The molecule has 0 spiro atoms. The highest BCUT2D eigenvalue weighted by Crippen LogP contribution is 2.32. The molecule has 2 rings (SSSR count). The molecule has 0 fully saturated rings. The summed E-state index contributed by atoms with van der Waals surface area (Å²) in [6, 6.07) is -0.138. The van der Waals surface area contributed by atoms with E-state index in [1.54, 1.807) is 11.3 Å². The van der Waals surface area contributed by atoms with Gasteiger partial charge in [-0.2, -0.15) is 0 Å². The molecule has 20 heavy (non-hydrogen) atoms. The molecule has 0 saturated heterocycles. The smallest absolute Gasteiger partial charge is 0.252 e. The molecule has 1 aliphatic carbocycles. The minimum atomic E-state index is -0.138. The molecule has 1 heterocycles. The number of carbonyl (C=O) groups excluding carboxylic acids is 1. The van der Waals surface area contributed by atoms with Gasteiger partial charge in [-0.3, -0.25) is 4.79 Å². The molecule has 3 nitrogen and oxygen atoms in total. The van der Waals surface area contributed by atoms with Gasteiger partial charge < -0.3 is 10.4 Å². The highest BCUT2D eigenvalue weighted by atomic mass is 32.1. The Morgan fingerprint density at radius 1 is 1.55 bits per heavy atom. The fourth-order valence-corrected chi connectivity index (χ4v) is 4.12. The van der Waals surface area contributed by atoms with Crippen molar-refractivity contribution in [3.8, 4) is 0 Å². The van der Waals surface area contributed by atoms with Crippen LogP contribution in [0.4, 0.5) is 0 Å². The predicted octanol–water partition coefficient (Wildman–Crippen LogP) is 3.01. The second-order valence-corrected chi connectivity index (χ2v) is 7.35. The van der Waals surface area contributed by atoms with Crippen LogP contribution < -0.4 is 5.32 Å². The Labute approximate surface area is 125 Å². The minimum Gasteiger partial charge on any atom is -0.394 e. The van der Waals surface area contributed by atoms with Crippen LogP contribution in [0.2, 0.25) is 0 Å². The van der Waals surface area contributed by atoms with Crippen LogP contribution in [0.25, 0.3) is 0 Å². The molecule has 0 aliphatic heterocycles. The van der Waals surface area contributed by atoms with Crippen molar-refractivity contribution in [1.29, 1.82) is 0 Å². The third-order valence-corrected chi connectivity index (χ3v) is 5.01. The summed E-state index contributed by atoms with van der Waals surface area (Å²) < 4.78 is 0. The SMILES string of the molecule is CC(C)CC(CO)NC(=O)c1csc2c1CCC(C)C2. The van der Waals surface area contributed by atoms with E-state index in [1.807, 2.05) is 5.38 Å². The number of hydrogen-bond acceptors (Lipinski definition) is 3. The van der Waals surface area contributed by atoms with E-state index in [1.165, 1.54) is 16.9 Å². The van der Waals surface area contributed by atoms with Crippen molar-refractivity contribution in [1.82, 2.24) is 5.32 Å². The van der Waals surface area contributed by atoms with Gasteiger partial charge in [0.2, 0.25) is 0 Å². The maximum atomic E-state index is 12.4. The third-order valence-electron chi connectivity index (χ3n) is 3.96. The maximum Gasteiger partial charge on any atom is 0.252 e. The van der Waals surface area contributed by atoms with Gasteiger partial charge in [0.15, 0.2) is 0 Å². The molecule has 0 bridgehead atoms. The lowest BCUT2D eigenvalue weighted by Gasteiger charge is -2.21. The van der Waals surface area contributed by atoms with Crippen LogP contribution in [0.15, 0.2) is 5.38 Å². The number of amides is 1. The van der Waals surface area contributed by atoms with Crippen molar-refractivity contribution in [2.75, 3.05) is 6.61 Å². The lowest BCUT2D eigenvalue weighted by Crippen LogP contribution is -2.38. The van der Waals surface area contributed by atoms with Gasteiger partial charge in [-0.05, 0) is 43.1 Å². The summed E-state index contributed by atoms with van der Waals surface area (Å²) in [6.07, 6.45) is 4.09. The topological polar surface area (TPSA) is 49.3 Å².